The van der Waals surface area contributed by atoms with Crippen LogP contribution in [0.3, 0.4) is 0 Å². The molecule has 0 aromatic heterocycles. The molecular weight excluding hydrogens is 270 g/mol. The average molecular weight is 293 g/mol. The second-order valence-electron chi connectivity index (χ2n) is 5.02. The summed E-state index contributed by atoms with van der Waals surface area (Å²) in [4.78, 5) is 11.1. The van der Waals surface area contributed by atoms with Gasteiger partial charge < -0.3 is 9.84 Å². The highest BCUT2D eigenvalue weighted by Crippen LogP contribution is 2.20. The summed E-state index contributed by atoms with van der Waals surface area (Å²) in [6, 6.07) is -1.02. The van der Waals surface area contributed by atoms with Gasteiger partial charge in [0.1, 0.15) is 6.04 Å². The maximum Gasteiger partial charge on any atom is 0.321 e. The lowest BCUT2D eigenvalue weighted by molar-refractivity contribution is -0.139. The number of nitrogens with one attached hydrogen (secondary N) is 1. The third kappa shape index (κ3) is 5.08. The summed E-state index contributed by atoms with van der Waals surface area (Å²) in [5.74, 6) is -1.11. The van der Waals surface area contributed by atoms with Gasteiger partial charge in [0.05, 0.1) is 11.4 Å². The molecule has 0 saturated carbocycles. The molecule has 3 unspecified atom stereocenters. The van der Waals surface area contributed by atoms with Crippen molar-refractivity contribution >= 4 is 16.0 Å². The Morgan fingerprint density at radius 3 is 2.74 bits per heavy atom. The van der Waals surface area contributed by atoms with Gasteiger partial charge in [-0.15, -0.1) is 0 Å². The maximum atomic E-state index is 12.2. The zero-order chi connectivity index (χ0) is 14.5. The van der Waals surface area contributed by atoms with Crippen LogP contribution in [0.4, 0.5) is 0 Å². The zero-order valence-electron chi connectivity index (χ0n) is 11.5. The van der Waals surface area contributed by atoms with Gasteiger partial charge in [-0.3, -0.25) is 4.79 Å². The smallest absolute Gasteiger partial charge is 0.321 e. The molecule has 3 atom stereocenters. The van der Waals surface area contributed by atoms with Gasteiger partial charge >= 0.3 is 5.97 Å². The van der Waals surface area contributed by atoms with Crippen LogP contribution in [0.25, 0.3) is 0 Å². The highest BCUT2D eigenvalue weighted by molar-refractivity contribution is 7.90. The third-order valence-electron chi connectivity index (χ3n) is 3.33. The molecule has 112 valence electrons. The van der Waals surface area contributed by atoms with E-state index < -0.39 is 27.3 Å². The zero-order valence-corrected chi connectivity index (χ0v) is 12.3. The number of unbranched alkanes of at least 4 members (excludes halogenated alkanes) is 1. The molecule has 1 fully saturated rings. The van der Waals surface area contributed by atoms with E-state index in [1.165, 1.54) is 0 Å². The Morgan fingerprint density at radius 2 is 2.21 bits per heavy atom. The van der Waals surface area contributed by atoms with E-state index in [4.69, 9.17) is 9.84 Å². The van der Waals surface area contributed by atoms with Gasteiger partial charge in [-0.2, -0.15) is 0 Å². The van der Waals surface area contributed by atoms with Gasteiger partial charge in [0.15, 0.2) is 0 Å². The van der Waals surface area contributed by atoms with Crippen LogP contribution in [0.15, 0.2) is 0 Å². The summed E-state index contributed by atoms with van der Waals surface area (Å²) in [6.45, 7) is 4.17. The number of ether oxygens (including phenoxy) is 1. The van der Waals surface area contributed by atoms with Crippen LogP contribution in [0, 0.1) is 0 Å². The Morgan fingerprint density at radius 1 is 1.53 bits per heavy atom. The van der Waals surface area contributed by atoms with Crippen molar-refractivity contribution in [3.8, 4) is 0 Å². The molecule has 0 aromatic rings. The standard InChI is InChI=1S/C12H23NO5S/c1-3-4-5-11(12(14)15)13-19(16,17)10-6-7-18-9(2)8-10/h9-11,13H,3-8H2,1-2H3,(H,14,15). The molecule has 6 nitrogen and oxygen atoms in total. The minimum absolute atomic E-state index is 0.103. The Bertz CT molecular complexity index is 395. The van der Waals surface area contributed by atoms with Gasteiger partial charge in [-0.25, -0.2) is 13.1 Å². The molecule has 7 heteroatoms. The molecule has 0 aliphatic carbocycles. The number of aliphatic carboxylic acids is 1. The molecule has 0 amide bonds. The Balaban J connectivity index is 2.67. The van der Waals surface area contributed by atoms with Gasteiger partial charge in [0, 0.05) is 6.61 Å². The van der Waals surface area contributed by atoms with E-state index in [9.17, 15) is 13.2 Å². The van der Waals surface area contributed by atoms with E-state index in [-0.39, 0.29) is 6.10 Å². The van der Waals surface area contributed by atoms with Gasteiger partial charge in [-0.05, 0) is 26.2 Å². The largest absolute Gasteiger partial charge is 0.480 e. The van der Waals surface area contributed by atoms with Crippen molar-refractivity contribution in [2.75, 3.05) is 6.61 Å². The van der Waals surface area contributed by atoms with Crippen LogP contribution in [0.1, 0.15) is 46.0 Å². The van der Waals surface area contributed by atoms with Gasteiger partial charge in [0.2, 0.25) is 10.0 Å². The fourth-order valence-corrected chi connectivity index (χ4v) is 3.91. The number of sulfonamides is 1. The van der Waals surface area contributed by atoms with E-state index in [0.717, 1.165) is 6.42 Å². The summed E-state index contributed by atoms with van der Waals surface area (Å²) >= 11 is 0. The van der Waals surface area contributed by atoms with Crippen LogP contribution in [0.2, 0.25) is 0 Å². The van der Waals surface area contributed by atoms with Crippen molar-refractivity contribution in [2.45, 2.75) is 63.3 Å². The first-order valence-corrected chi connectivity index (χ1v) is 8.27. The summed E-state index contributed by atoms with van der Waals surface area (Å²) in [6.07, 6.45) is 2.57. The fraction of sp³-hybridized carbons (Fsp3) is 0.917. The summed E-state index contributed by atoms with van der Waals surface area (Å²) in [5, 5.41) is 8.51. The minimum Gasteiger partial charge on any atom is -0.480 e. The predicted molar refractivity (Wildman–Crippen MR) is 71.4 cm³/mol. The van der Waals surface area contributed by atoms with E-state index >= 15 is 0 Å². The van der Waals surface area contributed by atoms with E-state index in [1.54, 1.807) is 0 Å². The van der Waals surface area contributed by atoms with Crippen molar-refractivity contribution in [1.29, 1.82) is 0 Å². The Labute approximate surface area is 114 Å². The molecular formula is C12H23NO5S. The molecule has 1 heterocycles. The van der Waals surface area contributed by atoms with Gasteiger partial charge in [-0.1, -0.05) is 19.8 Å². The third-order valence-corrected chi connectivity index (χ3v) is 5.25. The number of carbonyl (C=O) groups is 1. The maximum absolute atomic E-state index is 12.2. The van der Waals surface area contributed by atoms with Crippen molar-refractivity contribution < 1.29 is 23.1 Å². The van der Waals surface area contributed by atoms with Crippen LogP contribution in [0.5, 0.6) is 0 Å². The monoisotopic (exact) mass is 293 g/mol. The van der Waals surface area contributed by atoms with Crippen LogP contribution >= 0.6 is 0 Å². The highest BCUT2D eigenvalue weighted by Gasteiger charge is 2.33. The molecule has 19 heavy (non-hydrogen) atoms. The Kier molecular flexibility index (Phi) is 6.22. The molecule has 0 bridgehead atoms. The second-order valence-corrected chi connectivity index (χ2v) is 7.02. The normalized spacial score (nSPS) is 26.0. The van der Waals surface area contributed by atoms with Crippen molar-refractivity contribution in [3.63, 3.8) is 0 Å². The first-order valence-electron chi connectivity index (χ1n) is 6.72. The van der Waals surface area contributed by atoms with Crippen LogP contribution < -0.4 is 4.72 Å². The molecule has 1 saturated heterocycles. The minimum atomic E-state index is -3.60. The molecule has 0 radical (unpaired) electrons. The quantitative estimate of drug-likeness (QED) is 0.733. The van der Waals surface area contributed by atoms with Crippen LogP contribution in [-0.2, 0) is 19.6 Å². The summed E-state index contributed by atoms with van der Waals surface area (Å²) < 4.78 is 32.0. The van der Waals surface area contributed by atoms with E-state index in [1.807, 2.05) is 13.8 Å². The van der Waals surface area contributed by atoms with Crippen LogP contribution in [-0.4, -0.2) is 43.5 Å². The SMILES string of the molecule is CCCCC(NS(=O)(=O)C1CCOC(C)C1)C(=O)O. The lowest BCUT2D eigenvalue weighted by atomic mass is 10.1. The van der Waals surface area contributed by atoms with Crippen molar-refractivity contribution in [1.82, 2.24) is 4.72 Å². The molecule has 1 rings (SSSR count). The lowest BCUT2D eigenvalue weighted by Gasteiger charge is -2.28. The number of rotatable bonds is 7. The molecule has 2 N–H and O–H groups in total. The Hall–Kier alpha value is -0.660. The van der Waals surface area contributed by atoms with E-state index in [0.29, 0.717) is 32.3 Å². The highest BCUT2D eigenvalue weighted by atomic mass is 32.2. The first-order chi connectivity index (χ1) is 8.86. The first kappa shape index (κ1) is 16.4. The molecule has 0 spiro atoms. The number of carboxylic acid groups (broad SMARTS) is 1. The second kappa shape index (κ2) is 7.21. The lowest BCUT2D eigenvalue weighted by Crippen LogP contribution is -2.47. The van der Waals surface area contributed by atoms with Gasteiger partial charge in [0.25, 0.3) is 0 Å². The number of hydrogen-bond acceptors (Lipinski definition) is 4. The number of hydrogen-bond donors (Lipinski definition) is 2. The predicted octanol–water partition coefficient (Wildman–Crippen LogP) is 1.12. The molecule has 1 aliphatic rings. The summed E-state index contributed by atoms with van der Waals surface area (Å²) in [5.41, 5.74) is 0. The average Bonchev–Trinajstić information content (AvgIpc) is 2.34. The fourth-order valence-electron chi connectivity index (χ4n) is 2.17. The summed E-state index contributed by atoms with van der Waals surface area (Å²) in [7, 11) is -3.60. The molecule has 0 aromatic carbocycles. The topological polar surface area (TPSA) is 92.7 Å². The number of carboxylic acids is 1. The molecule has 1 aliphatic heterocycles. The van der Waals surface area contributed by atoms with Crippen molar-refractivity contribution in [2.24, 2.45) is 0 Å². The van der Waals surface area contributed by atoms with E-state index in [2.05, 4.69) is 4.72 Å². The van der Waals surface area contributed by atoms with Crippen molar-refractivity contribution in [3.05, 3.63) is 0 Å².